The van der Waals surface area contributed by atoms with Crippen LogP contribution >= 0.6 is 0 Å². The summed E-state index contributed by atoms with van der Waals surface area (Å²) in [6.07, 6.45) is 2.02. The monoisotopic (exact) mass is 449 g/mol. The predicted molar refractivity (Wildman–Crippen MR) is 140 cm³/mol. The van der Waals surface area contributed by atoms with Gasteiger partial charge >= 0.3 is 0 Å². The van der Waals surface area contributed by atoms with E-state index in [0.717, 1.165) is 33.3 Å². The molecule has 0 unspecified atom stereocenters. The summed E-state index contributed by atoms with van der Waals surface area (Å²) in [6.45, 7) is 11.1. The molecule has 2 aromatic heterocycles. The van der Waals surface area contributed by atoms with Crippen LogP contribution in [0.2, 0.25) is 19.6 Å². The van der Waals surface area contributed by atoms with Gasteiger partial charge < -0.3 is 4.42 Å². The molecule has 0 atom stereocenters. The van der Waals surface area contributed by atoms with Crippen LogP contribution in [0.25, 0.3) is 50.3 Å². The molecule has 0 amide bonds. The first kappa shape index (κ1) is 21.3. The maximum Gasteiger partial charge on any atom is 0.164 e. The van der Waals surface area contributed by atoms with Gasteiger partial charge in [0.1, 0.15) is 11.2 Å². The number of nitrogens with zero attached hydrogens (tertiary/aromatic N) is 3. The van der Waals surface area contributed by atoms with Crippen molar-refractivity contribution >= 4 is 40.8 Å². The largest absolute Gasteiger partial charge is 0.456 e. The third-order valence-electron chi connectivity index (χ3n) is 6.02. The number of allylic oxidation sites excluding steroid dienone is 2. The fraction of sp³-hybridized carbons (Fsp3) is 0.179. The Bertz CT molecular complexity index is 1510. The molecule has 0 radical (unpaired) electrons. The normalized spacial score (nSPS) is 12.6. The van der Waals surface area contributed by atoms with E-state index in [9.17, 15) is 0 Å². The van der Waals surface area contributed by atoms with Gasteiger partial charge in [-0.3, -0.25) is 0 Å². The van der Waals surface area contributed by atoms with Crippen LogP contribution in [0, 0.1) is 0 Å². The van der Waals surface area contributed by atoms with Gasteiger partial charge in [-0.15, -0.1) is 0 Å². The Kier molecular flexibility index (Phi) is 5.21. The molecule has 4 nitrogen and oxygen atoms in total. The van der Waals surface area contributed by atoms with Crippen LogP contribution in [-0.4, -0.2) is 23.0 Å². The van der Waals surface area contributed by atoms with Gasteiger partial charge in [-0.25, -0.2) is 15.0 Å². The molecule has 0 aliphatic rings. The molecule has 164 valence electrons. The van der Waals surface area contributed by atoms with Crippen LogP contribution in [0.4, 0.5) is 0 Å². The molecular weight excluding hydrogens is 422 g/mol. The Morgan fingerprint density at radius 2 is 1.52 bits per heavy atom. The fourth-order valence-electron chi connectivity index (χ4n) is 4.05. The first-order valence-corrected chi connectivity index (χ1v) is 14.8. The number of hydrogen-bond acceptors (Lipinski definition) is 4. The number of para-hydroxylation sites is 1. The molecule has 0 fully saturated rings. The maximum atomic E-state index is 6.44. The lowest BCUT2D eigenvalue weighted by Gasteiger charge is -2.16. The van der Waals surface area contributed by atoms with Crippen molar-refractivity contribution in [1.82, 2.24) is 15.0 Å². The van der Waals surface area contributed by atoms with Crippen LogP contribution in [0.15, 0.2) is 77.2 Å². The Labute approximate surface area is 195 Å². The summed E-state index contributed by atoms with van der Waals surface area (Å²) in [5, 5.41) is 3.63. The Morgan fingerprint density at radius 1 is 0.788 bits per heavy atom. The molecule has 0 spiro atoms. The summed E-state index contributed by atoms with van der Waals surface area (Å²) in [4.78, 5) is 14.3. The van der Waals surface area contributed by atoms with Crippen LogP contribution in [0.3, 0.4) is 0 Å². The van der Waals surface area contributed by atoms with Gasteiger partial charge in [0.25, 0.3) is 0 Å². The molecule has 0 bridgehead atoms. The number of benzene rings is 3. The van der Waals surface area contributed by atoms with Crippen molar-refractivity contribution in [3.63, 3.8) is 0 Å². The van der Waals surface area contributed by atoms with Crippen LogP contribution in [0.5, 0.6) is 0 Å². The van der Waals surface area contributed by atoms with Gasteiger partial charge in [0.2, 0.25) is 0 Å². The highest BCUT2D eigenvalue weighted by atomic mass is 28.3. The molecule has 5 heteroatoms. The molecule has 5 aromatic rings. The summed E-state index contributed by atoms with van der Waals surface area (Å²) in [5.41, 5.74) is 4.77. The molecule has 5 rings (SSSR count). The molecule has 0 aliphatic heterocycles. The number of rotatable bonds is 4. The molecule has 0 saturated heterocycles. The van der Waals surface area contributed by atoms with Gasteiger partial charge in [0.05, 0.1) is 8.07 Å². The lowest BCUT2D eigenvalue weighted by molar-refractivity contribution is 0.671. The minimum absolute atomic E-state index is 0.646. The highest BCUT2D eigenvalue weighted by Gasteiger charge is 2.22. The molecule has 0 N–H and O–H groups in total. The standard InChI is InChI=1S/C28H27N3OSi/c1-6-18(2)26-29-27(19-11-8-7-9-12-19)31-28(30-26)20-15-16-21-22-13-10-14-24(33(3,4)5)25(22)32-23(21)17-20/h6-17H,1-5H3. The van der Waals surface area contributed by atoms with Crippen LogP contribution in [-0.2, 0) is 0 Å². The van der Waals surface area contributed by atoms with E-state index in [4.69, 9.17) is 19.4 Å². The molecule has 0 aliphatic carbocycles. The zero-order valence-electron chi connectivity index (χ0n) is 19.7. The van der Waals surface area contributed by atoms with E-state index in [2.05, 4.69) is 56.0 Å². The predicted octanol–water partition coefficient (Wildman–Crippen LogP) is 7.07. The zero-order chi connectivity index (χ0) is 23.2. The first-order chi connectivity index (χ1) is 15.8. The van der Waals surface area contributed by atoms with Crippen LogP contribution in [0.1, 0.15) is 19.7 Å². The van der Waals surface area contributed by atoms with Crippen molar-refractivity contribution in [3.8, 4) is 22.8 Å². The third-order valence-corrected chi connectivity index (χ3v) is 8.03. The second kappa shape index (κ2) is 8.09. The number of fused-ring (bicyclic) bond motifs is 3. The van der Waals surface area contributed by atoms with E-state index in [1.165, 1.54) is 10.6 Å². The minimum Gasteiger partial charge on any atom is -0.456 e. The number of hydrogen-bond donors (Lipinski definition) is 0. The summed E-state index contributed by atoms with van der Waals surface area (Å²) < 4.78 is 6.44. The van der Waals surface area contributed by atoms with E-state index < -0.39 is 8.07 Å². The van der Waals surface area contributed by atoms with Gasteiger partial charge in [-0.05, 0) is 36.7 Å². The first-order valence-electron chi connectivity index (χ1n) is 11.3. The van der Waals surface area contributed by atoms with Crippen molar-refractivity contribution in [2.45, 2.75) is 33.5 Å². The Balaban J connectivity index is 1.71. The summed E-state index contributed by atoms with van der Waals surface area (Å²) in [7, 11) is -1.54. The SMILES string of the molecule is CC=C(C)c1nc(-c2ccccc2)nc(-c2ccc3c(c2)oc2c([Si](C)(C)C)cccc23)n1. The van der Waals surface area contributed by atoms with Crippen molar-refractivity contribution in [3.05, 3.63) is 78.6 Å². The number of furan rings is 1. The average Bonchev–Trinajstić information content (AvgIpc) is 3.21. The topological polar surface area (TPSA) is 51.8 Å². The van der Waals surface area contributed by atoms with E-state index in [0.29, 0.717) is 17.5 Å². The third kappa shape index (κ3) is 3.89. The molecule has 33 heavy (non-hydrogen) atoms. The maximum absolute atomic E-state index is 6.44. The Morgan fingerprint density at radius 3 is 2.21 bits per heavy atom. The fourth-order valence-corrected chi connectivity index (χ4v) is 5.52. The van der Waals surface area contributed by atoms with Crippen molar-refractivity contribution in [2.75, 3.05) is 0 Å². The zero-order valence-corrected chi connectivity index (χ0v) is 20.7. The quantitative estimate of drug-likeness (QED) is 0.275. The molecule has 2 heterocycles. The second-order valence-electron chi connectivity index (χ2n) is 9.39. The van der Waals surface area contributed by atoms with Gasteiger partial charge in [0, 0.05) is 21.9 Å². The van der Waals surface area contributed by atoms with Crippen molar-refractivity contribution in [1.29, 1.82) is 0 Å². The minimum atomic E-state index is -1.54. The van der Waals surface area contributed by atoms with E-state index in [-0.39, 0.29) is 0 Å². The van der Waals surface area contributed by atoms with E-state index in [1.54, 1.807) is 0 Å². The van der Waals surface area contributed by atoms with Crippen molar-refractivity contribution in [2.24, 2.45) is 0 Å². The van der Waals surface area contributed by atoms with Crippen molar-refractivity contribution < 1.29 is 4.42 Å². The summed E-state index contributed by atoms with van der Waals surface area (Å²) >= 11 is 0. The van der Waals surface area contributed by atoms with E-state index in [1.807, 2.05) is 50.3 Å². The molecular formula is C28H27N3OSi. The van der Waals surface area contributed by atoms with Gasteiger partial charge in [-0.2, -0.15) is 0 Å². The van der Waals surface area contributed by atoms with Crippen LogP contribution < -0.4 is 5.19 Å². The smallest absolute Gasteiger partial charge is 0.164 e. The highest BCUT2D eigenvalue weighted by Crippen LogP contribution is 2.32. The summed E-state index contributed by atoms with van der Waals surface area (Å²) in [6, 6.07) is 22.8. The Hall–Kier alpha value is -3.57. The molecule has 3 aromatic carbocycles. The highest BCUT2D eigenvalue weighted by molar-refractivity contribution is 6.90. The van der Waals surface area contributed by atoms with E-state index >= 15 is 0 Å². The molecule has 0 saturated carbocycles. The second-order valence-corrected chi connectivity index (χ2v) is 14.4. The number of aromatic nitrogens is 3. The van der Waals surface area contributed by atoms with Gasteiger partial charge in [0.15, 0.2) is 17.5 Å². The lowest BCUT2D eigenvalue weighted by Crippen LogP contribution is -2.37. The van der Waals surface area contributed by atoms with Gasteiger partial charge in [-0.1, -0.05) is 80.3 Å². The lowest BCUT2D eigenvalue weighted by atomic mass is 10.1. The average molecular weight is 450 g/mol. The summed E-state index contributed by atoms with van der Waals surface area (Å²) in [5.74, 6) is 2.00.